The van der Waals surface area contributed by atoms with E-state index in [2.05, 4.69) is 15.3 Å². The van der Waals surface area contributed by atoms with Gasteiger partial charge in [-0.3, -0.25) is 4.79 Å². The number of nitrogens with one attached hydrogen (secondary N) is 2. The summed E-state index contributed by atoms with van der Waals surface area (Å²) in [5.41, 5.74) is 2.13. The third-order valence-electron chi connectivity index (χ3n) is 5.37. The molecule has 2 heterocycles. The SMILES string of the molecule is CC[C@H](C)Oc1cnc2[nH]cc(/C=C(\C#N)C(=O)N[C@H](C)c3ccc(OC)c(OC)c3)c2c1. The number of carbonyl (C=O) groups excluding carboxylic acids is 1. The van der Waals surface area contributed by atoms with Crippen LogP contribution in [0, 0.1) is 11.3 Å². The summed E-state index contributed by atoms with van der Waals surface area (Å²) in [7, 11) is 3.11. The summed E-state index contributed by atoms with van der Waals surface area (Å²) in [4.78, 5) is 20.3. The maximum absolute atomic E-state index is 12.8. The van der Waals surface area contributed by atoms with E-state index in [0.717, 1.165) is 17.4 Å². The van der Waals surface area contributed by atoms with Crippen LogP contribution in [0.5, 0.6) is 17.2 Å². The van der Waals surface area contributed by atoms with Crippen LogP contribution in [0.3, 0.4) is 0 Å². The highest BCUT2D eigenvalue weighted by molar-refractivity contribution is 6.03. The minimum atomic E-state index is -0.478. The summed E-state index contributed by atoms with van der Waals surface area (Å²) < 4.78 is 16.4. The van der Waals surface area contributed by atoms with Crippen molar-refractivity contribution in [2.24, 2.45) is 0 Å². The van der Waals surface area contributed by atoms with Gasteiger partial charge in [0.1, 0.15) is 23.0 Å². The normalized spacial score (nSPS) is 13.2. The van der Waals surface area contributed by atoms with Crippen molar-refractivity contribution >= 4 is 23.0 Å². The fourth-order valence-electron chi connectivity index (χ4n) is 3.29. The maximum atomic E-state index is 12.8. The van der Waals surface area contributed by atoms with Crippen LogP contribution < -0.4 is 19.5 Å². The largest absolute Gasteiger partial charge is 0.493 e. The fraction of sp³-hybridized carbons (Fsp3) is 0.320. The van der Waals surface area contributed by atoms with Gasteiger partial charge < -0.3 is 24.5 Å². The fourth-order valence-corrected chi connectivity index (χ4v) is 3.29. The highest BCUT2D eigenvalue weighted by Crippen LogP contribution is 2.30. The average molecular weight is 449 g/mol. The van der Waals surface area contributed by atoms with Gasteiger partial charge in [0.15, 0.2) is 11.5 Å². The van der Waals surface area contributed by atoms with Gasteiger partial charge in [-0.1, -0.05) is 13.0 Å². The lowest BCUT2D eigenvalue weighted by Crippen LogP contribution is -2.27. The van der Waals surface area contributed by atoms with Crippen molar-refractivity contribution in [3.63, 3.8) is 0 Å². The number of methoxy groups -OCH3 is 2. The average Bonchev–Trinajstić information content (AvgIpc) is 3.23. The van der Waals surface area contributed by atoms with E-state index in [1.807, 2.05) is 39.0 Å². The second-order valence-corrected chi connectivity index (χ2v) is 7.63. The Balaban J connectivity index is 1.83. The molecule has 0 radical (unpaired) electrons. The molecule has 0 aliphatic heterocycles. The Hall–Kier alpha value is -3.99. The highest BCUT2D eigenvalue weighted by atomic mass is 16.5. The summed E-state index contributed by atoms with van der Waals surface area (Å²) in [6.07, 6.45) is 5.84. The van der Waals surface area contributed by atoms with Crippen molar-refractivity contribution in [1.82, 2.24) is 15.3 Å². The molecule has 0 spiro atoms. The van der Waals surface area contributed by atoms with Gasteiger partial charge in [-0.2, -0.15) is 5.26 Å². The number of hydrogen-bond donors (Lipinski definition) is 2. The molecule has 2 aromatic heterocycles. The van der Waals surface area contributed by atoms with Crippen molar-refractivity contribution < 1.29 is 19.0 Å². The Morgan fingerprint density at radius 2 is 2.00 bits per heavy atom. The predicted molar refractivity (Wildman–Crippen MR) is 126 cm³/mol. The summed E-state index contributed by atoms with van der Waals surface area (Å²) in [6, 6.07) is 8.91. The van der Waals surface area contributed by atoms with Crippen LogP contribution in [-0.2, 0) is 4.79 Å². The molecule has 172 valence electrons. The summed E-state index contributed by atoms with van der Waals surface area (Å²) >= 11 is 0. The van der Waals surface area contributed by atoms with Gasteiger partial charge in [0.05, 0.1) is 32.6 Å². The number of aromatic nitrogens is 2. The van der Waals surface area contributed by atoms with E-state index in [1.165, 1.54) is 0 Å². The number of nitrogens with zero attached hydrogens (tertiary/aromatic N) is 2. The lowest BCUT2D eigenvalue weighted by atomic mass is 10.1. The standard InChI is InChI=1S/C25H28N4O4/c1-6-15(2)33-20-11-21-19(13-27-24(21)28-14-20)9-18(12-26)25(30)29-16(3)17-7-8-22(31-4)23(10-17)32-5/h7-11,13-16H,6H2,1-5H3,(H,27,28)(H,29,30)/b18-9+/t15-,16+/m0/s1. The number of benzene rings is 1. The summed E-state index contributed by atoms with van der Waals surface area (Å²) in [5.74, 6) is 1.32. The van der Waals surface area contributed by atoms with E-state index in [4.69, 9.17) is 14.2 Å². The van der Waals surface area contributed by atoms with E-state index >= 15 is 0 Å². The molecule has 0 fully saturated rings. The van der Waals surface area contributed by atoms with Crippen molar-refractivity contribution in [3.8, 4) is 23.3 Å². The second-order valence-electron chi connectivity index (χ2n) is 7.63. The van der Waals surface area contributed by atoms with E-state index in [1.54, 1.807) is 44.8 Å². The number of nitriles is 1. The molecule has 1 amide bonds. The number of pyridine rings is 1. The Bertz CT molecular complexity index is 1210. The molecule has 0 aliphatic rings. The van der Waals surface area contributed by atoms with Gasteiger partial charge in [0.2, 0.25) is 0 Å². The first-order chi connectivity index (χ1) is 15.9. The van der Waals surface area contributed by atoms with Crippen molar-refractivity contribution in [3.05, 3.63) is 53.4 Å². The molecule has 0 unspecified atom stereocenters. The third-order valence-corrected chi connectivity index (χ3v) is 5.37. The van der Waals surface area contributed by atoms with Gasteiger partial charge in [-0.15, -0.1) is 0 Å². The quantitative estimate of drug-likeness (QED) is 0.367. The van der Waals surface area contributed by atoms with Crippen molar-refractivity contribution in [2.75, 3.05) is 14.2 Å². The first-order valence-corrected chi connectivity index (χ1v) is 10.7. The number of hydrogen-bond acceptors (Lipinski definition) is 6. The Morgan fingerprint density at radius 3 is 2.67 bits per heavy atom. The molecule has 8 nitrogen and oxygen atoms in total. The van der Waals surface area contributed by atoms with Crippen molar-refractivity contribution in [1.29, 1.82) is 5.26 Å². The number of aromatic amines is 1. The second kappa shape index (κ2) is 10.6. The molecule has 2 N–H and O–H groups in total. The zero-order valence-electron chi connectivity index (χ0n) is 19.4. The van der Waals surface area contributed by atoms with Crippen LogP contribution in [0.15, 0.2) is 42.2 Å². The third kappa shape index (κ3) is 5.44. The van der Waals surface area contributed by atoms with E-state index < -0.39 is 5.91 Å². The van der Waals surface area contributed by atoms with E-state index in [9.17, 15) is 10.1 Å². The summed E-state index contributed by atoms with van der Waals surface area (Å²) in [5, 5.41) is 13.3. The topological polar surface area (TPSA) is 109 Å². The Morgan fingerprint density at radius 1 is 1.24 bits per heavy atom. The van der Waals surface area contributed by atoms with Gasteiger partial charge in [0, 0.05) is 17.1 Å². The molecule has 1 aromatic carbocycles. The zero-order chi connectivity index (χ0) is 24.0. The maximum Gasteiger partial charge on any atom is 0.262 e. The minimum Gasteiger partial charge on any atom is -0.493 e. The summed E-state index contributed by atoms with van der Waals surface area (Å²) in [6.45, 7) is 5.87. The number of ether oxygens (including phenoxy) is 3. The van der Waals surface area contributed by atoms with Gasteiger partial charge in [-0.05, 0) is 50.1 Å². The zero-order valence-corrected chi connectivity index (χ0v) is 19.4. The molecule has 0 aliphatic carbocycles. The number of fused-ring (bicyclic) bond motifs is 1. The van der Waals surface area contributed by atoms with Gasteiger partial charge in [0.25, 0.3) is 5.91 Å². The van der Waals surface area contributed by atoms with Crippen LogP contribution in [-0.4, -0.2) is 36.2 Å². The first-order valence-electron chi connectivity index (χ1n) is 10.7. The van der Waals surface area contributed by atoms with Gasteiger partial charge >= 0.3 is 0 Å². The van der Waals surface area contributed by atoms with E-state index in [-0.39, 0.29) is 17.7 Å². The first kappa shape index (κ1) is 23.7. The molecular weight excluding hydrogens is 420 g/mol. The molecule has 0 saturated heterocycles. The smallest absolute Gasteiger partial charge is 0.262 e. The molecule has 0 bridgehead atoms. The van der Waals surface area contributed by atoms with Crippen LogP contribution >= 0.6 is 0 Å². The van der Waals surface area contributed by atoms with E-state index in [0.29, 0.717) is 28.5 Å². The Labute approximate surface area is 193 Å². The number of H-pyrrole nitrogens is 1. The number of rotatable bonds is 9. The molecule has 33 heavy (non-hydrogen) atoms. The lowest BCUT2D eigenvalue weighted by Gasteiger charge is -2.16. The molecule has 3 aromatic rings. The van der Waals surface area contributed by atoms with Crippen LogP contribution in [0.25, 0.3) is 17.1 Å². The molecular formula is C25H28N4O4. The predicted octanol–water partition coefficient (Wildman–Crippen LogP) is 4.54. The Kier molecular flexibility index (Phi) is 7.57. The monoisotopic (exact) mass is 448 g/mol. The number of carbonyl (C=O) groups is 1. The van der Waals surface area contributed by atoms with Gasteiger partial charge in [-0.25, -0.2) is 4.98 Å². The number of amides is 1. The van der Waals surface area contributed by atoms with Crippen LogP contribution in [0.4, 0.5) is 0 Å². The van der Waals surface area contributed by atoms with Crippen LogP contribution in [0.1, 0.15) is 44.4 Å². The lowest BCUT2D eigenvalue weighted by molar-refractivity contribution is -0.117. The van der Waals surface area contributed by atoms with Crippen molar-refractivity contribution in [2.45, 2.75) is 39.3 Å². The minimum absolute atomic E-state index is 0.0172. The molecule has 3 rings (SSSR count). The molecule has 2 atom stereocenters. The molecule has 8 heteroatoms. The molecule has 0 saturated carbocycles. The highest BCUT2D eigenvalue weighted by Gasteiger charge is 2.17. The van der Waals surface area contributed by atoms with Crippen LogP contribution in [0.2, 0.25) is 0 Å².